The van der Waals surface area contributed by atoms with E-state index in [9.17, 15) is 4.79 Å². The van der Waals surface area contributed by atoms with Crippen molar-refractivity contribution in [1.82, 2.24) is 4.90 Å². The maximum Gasteiger partial charge on any atom is 0.238 e. The zero-order chi connectivity index (χ0) is 15.9. The fraction of sp³-hybridized carbons (Fsp3) is 0.562. The number of amides is 1. The van der Waals surface area contributed by atoms with Gasteiger partial charge in [-0.15, -0.1) is 0 Å². The summed E-state index contributed by atoms with van der Waals surface area (Å²) in [6.07, 6.45) is 1.01. The average Bonchev–Trinajstić information content (AvgIpc) is 2.38. The van der Waals surface area contributed by atoms with E-state index < -0.39 is 0 Å². The van der Waals surface area contributed by atoms with Gasteiger partial charge in [-0.3, -0.25) is 9.69 Å². The van der Waals surface area contributed by atoms with Gasteiger partial charge in [0.15, 0.2) is 0 Å². The lowest BCUT2D eigenvalue weighted by Crippen LogP contribution is -2.42. The first-order chi connectivity index (χ1) is 9.86. The lowest BCUT2D eigenvalue weighted by atomic mass is 9.93. The molecule has 0 aliphatic heterocycles. The molecule has 4 nitrogen and oxygen atoms in total. The summed E-state index contributed by atoms with van der Waals surface area (Å²) in [5.74, 6) is -0.0291. The molecule has 0 saturated heterocycles. The van der Waals surface area contributed by atoms with E-state index in [0.29, 0.717) is 18.1 Å². The van der Waals surface area contributed by atoms with Gasteiger partial charge < -0.3 is 11.1 Å². The zero-order valence-electron chi connectivity index (χ0n) is 13.2. The molecule has 0 aliphatic carbocycles. The van der Waals surface area contributed by atoms with E-state index in [-0.39, 0.29) is 11.3 Å². The Hall–Kier alpha value is -1.10. The van der Waals surface area contributed by atoms with Crippen molar-refractivity contribution in [1.29, 1.82) is 0 Å². The highest BCUT2D eigenvalue weighted by Gasteiger charge is 2.21. The molecule has 0 heterocycles. The molecule has 0 bridgehead atoms. The Morgan fingerprint density at radius 1 is 1.43 bits per heavy atom. The second-order valence-corrected chi connectivity index (χ2v) is 6.57. The second kappa shape index (κ2) is 8.37. The number of hydrogen-bond acceptors (Lipinski definition) is 3. The third-order valence-electron chi connectivity index (χ3n) is 3.22. The minimum atomic E-state index is -0.0291. The van der Waals surface area contributed by atoms with Crippen LogP contribution in [-0.2, 0) is 4.79 Å². The maximum atomic E-state index is 12.2. The van der Waals surface area contributed by atoms with Crippen molar-refractivity contribution in [3.05, 3.63) is 29.3 Å². The summed E-state index contributed by atoms with van der Waals surface area (Å²) in [7, 11) is 0. The van der Waals surface area contributed by atoms with Crippen molar-refractivity contribution in [2.24, 2.45) is 11.1 Å². The summed E-state index contributed by atoms with van der Waals surface area (Å²) >= 11 is 5.91. The van der Waals surface area contributed by atoms with Gasteiger partial charge in [0.2, 0.25) is 5.91 Å². The molecule has 0 radical (unpaired) electrons. The van der Waals surface area contributed by atoms with Crippen LogP contribution >= 0.6 is 11.6 Å². The van der Waals surface area contributed by atoms with Crippen LogP contribution < -0.4 is 11.1 Å². The summed E-state index contributed by atoms with van der Waals surface area (Å²) in [4.78, 5) is 14.3. The van der Waals surface area contributed by atoms with E-state index >= 15 is 0 Å². The molecule has 1 amide bonds. The largest absolute Gasteiger partial charge is 0.330 e. The molecule has 1 aromatic carbocycles. The fourth-order valence-electron chi connectivity index (χ4n) is 2.17. The third kappa shape index (κ3) is 6.93. The molecule has 1 aromatic rings. The van der Waals surface area contributed by atoms with Gasteiger partial charge in [0, 0.05) is 17.3 Å². The monoisotopic (exact) mass is 311 g/mol. The summed E-state index contributed by atoms with van der Waals surface area (Å²) in [6, 6.07) is 7.18. The molecule has 0 aliphatic rings. The van der Waals surface area contributed by atoms with Crippen molar-refractivity contribution in [3.8, 4) is 0 Å². The Morgan fingerprint density at radius 3 is 2.71 bits per heavy atom. The van der Waals surface area contributed by atoms with Crippen molar-refractivity contribution in [3.63, 3.8) is 0 Å². The topological polar surface area (TPSA) is 58.4 Å². The van der Waals surface area contributed by atoms with E-state index in [2.05, 4.69) is 31.0 Å². The molecule has 0 saturated carbocycles. The average molecular weight is 312 g/mol. The predicted molar refractivity (Wildman–Crippen MR) is 89.6 cm³/mol. The van der Waals surface area contributed by atoms with Crippen LogP contribution in [0.4, 0.5) is 5.69 Å². The number of anilines is 1. The van der Waals surface area contributed by atoms with E-state index in [1.165, 1.54) is 0 Å². The molecule has 1 rings (SSSR count). The van der Waals surface area contributed by atoms with Crippen LogP contribution in [0.2, 0.25) is 5.02 Å². The molecule has 5 heteroatoms. The van der Waals surface area contributed by atoms with Gasteiger partial charge >= 0.3 is 0 Å². The first-order valence-corrected chi connectivity index (χ1v) is 7.72. The minimum Gasteiger partial charge on any atom is -0.330 e. The first-order valence-electron chi connectivity index (χ1n) is 7.34. The van der Waals surface area contributed by atoms with Crippen LogP contribution in [0.1, 0.15) is 27.2 Å². The molecule has 0 fully saturated rings. The molecule has 3 N–H and O–H groups in total. The van der Waals surface area contributed by atoms with Gasteiger partial charge in [-0.25, -0.2) is 0 Å². The molecule has 0 unspecified atom stereocenters. The third-order valence-corrected chi connectivity index (χ3v) is 3.45. The summed E-state index contributed by atoms with van der Waals surface area (Å²) < 4.78 is 0. The van der Waals surface area contributed by atoms with Crippen LogP contribution in [0, 0.1) is 5.41 Å². The van der Waals surface area contributed by atoms with Crippen LogP contribution in [-0.4, -0.2) is 37.0 Å². The molecule has 118 valence electrons. The minimum absolute atomic E-state index is 0.00546. The fourth-order valence-corrected chi connectivity index (χ4v) is 2.36. The van der Waals surface area contributed by atoms with Crippen LogP contribution in [0.5, 0.6) is 0 Å². The highest BCUT2D eigenvalue weighted by atomic mass is 35.5. The van der Waals surface area contributed by atoms with Gasteiger partial charge in [-0.05, 0) is 43.1 Å². The normalized spacial score (nSPS) is 11.7. The van der Waals surface area contributed by atoms with Gasteiger partial charge in [0.25, 0.3) is 0 Å². The summed E-state index contributed by atoms with van der Waals surface area (Å²) in [5, 5.41) is 3.49. The van der Waals surface area contributed by atoms with Crippen LogP contribution in [0.25, 0.3) is 0 Å². The Kier molecular flexibility index (Phi) is 7.15. The second-order valence-electron chi connectivity index (χ2n) is 6.14. The number of carbonyl (C=O) groups excluding carboxylic acids is 1. The Balaban J connectivity index is 2.60. The molecule has 0 atom stereocenters. The standard InChI is InChI=1S/C16H26ClN3O/c1-4-8-20(12-16(2,3)11-18)10-15(21)19-14-7-5-6-13(17)9-14/h5-7,9H,4,8,10-12,18H2,1-3H3,(H,19,21). The number of hydrogen-bond donors (Lipinski definition) is 2. The number of carbonyl (C=O) groups is 1. The Labute approximate surface area is 132 Å². The van der Waals surface area contributed by atoms with Crippen LogP contribution in [0.15, 0.2) is 24.3 Å². The van der Waals surface area contributed by atoms with Crippen molar-refractivity contribution >= 4 is 23.2 Å². The molecule has 0 spiro atoms. The van der Waals surface area contributed by atoms with Gasteiger partial charge in [0.05, 0.1) is 6.54 Å². The van der Waals surface area contributed by atoms with Crippen LogP contribution in [0.3, 0.4) is 0 Å². The number of rotatable bonds is 8. The van der Waals surface area contributed by atoms with Crippen molar-refractivity contribution in [2.45, 2.75) is 27.2 Å². The molecular formula is C16H26ClN3O. The Bertz CT molecular complexity index is 463. The van der Waals surface area contributed by atoms with E-state index in [1.807, 2.05) is 12.1 Å². The number of halogens is 1. The molecule has 21 heavy (non-hydrogen) atoms. The SMILES string of the molecule is CCCN(CC(=O)Nc1cccc(Cl)c1)CC(C)(C)CN. The first kappa shape index (κ1) is 18.0. The van der Waals surface area contributed by atoms with E-state index in [4.69, 9.17) is 17.3 Å². The number of nitrogens with two attached hydrogens (primary N) is 1. The van der Waals surface area contributed by atoms with Gasteiger partial charge in [0.1, 0.15) is 0 Å². The summed E-state index contributed by atoms with van der Waals surface area (Å²) in [5.41, 5.74) is 6.51. The van der Waals surface area contributed by atoms with E-state index in [0.717, 1.165) is 25.2 Å². The number of benzene rings is 1. The zero-order valence-corrected chi connectivity index (χ0v) is 13.9. The molecule has 0 aromatic heterocycles. The number of nitrogens with one attached hydrogen (secondary N) is 1. The van der Waals surface area contributed by atoms with Crippen molar-refractivity contribution < 1.29 is 4.79 Å². The lowest BCUT2D eigenvalue weighted by molar-refractivity contribution is -0.117. The Morgan fingerprint density at radius 2 is 2.14 bits per heavy atom. The predicted octanol–water partition coefficient (Wildman–Crippen LogP) is 2.98. The highest BCUT2D eigenvalue weighted by Crippen LogP contribution is 2.17. The maximum absolute atomic E-state index is 12.2. The quantitative estimate of drug-likeness (QED) is 0.776. The lowest BCUT2D eigenvalue weighted by Gasteiger charge is -2.31. The van der Waals surface area contributed by atoms with Gasteiger partial charge in [-0.1, -0.05) is 38.4 Å². The molecular weight excluding hydrogens is 286 g/mol. The highest BCUT2D eigenvalue weighted by molar-refractivity contribution is 6.30. The van der Waals surface area contributed by atoms with E-state index in [1.54, 1.807) is 12.1 Å². The summed E-state index contributed by atoms with van der Waals surface area (Å²) in [6.45, 7) is 8.99. The van der Waals surface area contributed by atoms with Gasteiger partial charge in [-0.2, -0.15) is 0 Å². The van der Waals surface area contributed by atoms with Crippen molar-refractivity contribution in [2.75, 3.05) is 31.5 Å². The number of nitrogens with zero attached hydrogens (tertiary/aromatic N) is 1. The smallest absolute Gasteiger partial charge is 0.238 e.